The van der Waals surface area contributed by atoms with Gasteiger partial charge in [0, 0.05) is 35.7 Å². The van der Waals surface area contributed by atoms with E-state index in [4.69, 9.17) is 10.5 Å². The number of ether oxygens (including phenoxy) is 1. The van der Waals surface area contributed by atoms with Crippen molar-refractivity contribution in [1.82, 2.24) is 4.90 Å². The molecule has 0 saturated heterocycles. The van der Waals surface area contributed by atoms with Gasteiger partial charge in [0.15, 0.2) is 0 Å². The third-order valence-electron chi connectivity index (χ3n) is 6.06. The van der Waals surface area contributed by atoms with Gasteiger partial charge >= 0.3 is 12.0 Å². The monoisotopic (exact) mass is 501 g/mol. The highest BCUT2D eigenvalue weighted by atomic mass is 79.9. The number of amides is 2. The molecule has 0 fully saturated rings. The van der Waals surface area contributed by atoms with Crippen molar-refractivity contribution in [2.24, 2.45) is 5.73 Å². The number of anilines is 1. The number of carbonyl (C=O) groups is 2. The first-order valence-electron chi connectivity index (χ1n) is 11.2. The quantitative estimate of drug-likeness (QED) is 0.461. The van der Waals surface area contributed by atoms with Crippen molar-refractivity contribution < 1.29 is 14.3 Å². The van der Waals surface area contributed by atoms with E-state index < -0.39 is 6.03 Å². The van der Waals surface area contributed by atoms with E-state index in [-0.39, 0.29) is 5.97 Å². The number of benzene rings is 2. The Hall–Kier alpha value is -2.38. The van der Waals surface area contributed by atoms with Crippen LogP contribution in [0.3, 0.4) is 0 Å². The highest BCUT2D eigenvalue weighted by Gasteiger charge is 2.26. The van der Waals surface area contributed by atoms with E-state index in [2.05, 4.69) is 45.1 Å². The Labute approximate surface area is 198 Å². The lowest BCUT2D eigenvalue weighted by atomic mass is 9.86. The summed E-state index contributed by atoms with van der Waals surface area (Å²) in [7, 11) is 1.43. The molecule has 32 heavy (non-hydrogen) atoms. The number of fused-ring (bicyclic) bond motifs is 1. The van der Waals surface area contributed by atoms with Crippen molar-refractivity contribution in [3.63, 3.8) is 0 Å². The van der Waals surface area contributed by atoms with E-state index in [1.54, 1.807) is 4.90 Å². The van der Waals surface area contributed by atoms with Gasteiger partial charge in [0.2, 0.25) is 0 Å². The number of hydrogen-bond acceptors (Lipinski definition) is 4. The normalized spacial score (nSPS) is 15.3. The number of hydrogen-bond donors (Lipinski definition) is 1. The molecule has 0 radical (unpaired) electrons. The maximum Gasteiger partial charge on any atom is 0.319 e. The zero-order valence-electron chi connectivity index (χ0n) is 18.6. The lowest BCUT2D eigenvalue weighted by Crippen LogP contribution is -2.39. The second kappa shape index (κ2) is 12.0. The Morgan fingerprint density at radius 2 is 1.78 bits per heavy atom. The fourth-order valence-corrected chi connectivity index (χ4v) is 4.74. The Kier molecular flexibility index (Phi) is 9.11. The van der Waals surface area contributed by atoms with Gasteiger partial charge < -0.3 is 10.5 Å². The summed E-state index contributed by atoms with van der Waals surface area (Å²) in [4.78, 5) is 27.8. The molecule has 0 aliphatic heterocycles. The molecule has 1 aliphatic carbocycles. The maximum atomic E-state index is 12.1. The summed E-state index contributed by atoms with van der Waals surface area (Å²) in [5, 5.41) is 0. The lowest BCUT2D eigenvalue weighted by molar-refractivity contribution is -0.140. The van der Waals surface area contributed by atoms with E-state index in [0.29, 0.717) is 19.0 Å². The number of nitrogens with two attached hydrogens (primary N) is 1. The minimum atomic E-state index is -0.451. The molecule has 1 atom stereocenters. The van der Waals surface area contributed by atoms with Gasteiger partial charge in [-0.15, -0.1) is 0 Å². The number of rotatable bonds is 10. The number of urea groups is 1. The zero-order valence-corrected chi connectivity index (χ0v) is 20.2. The number of nitrogens with zero attached hydrogens (tertiary/aromatic N) is 2. The third kappa shape index (κ3) is 6.56. The highest BCUT2D eigenvalue weighted by Crippen LogP contribution is 2.34. The minimum absolute atomic E-state index is 0.177. The average Bonchev–Trinajstić information content (AvgIpc) is 2.80. The van der Waals surface area contributed by atoms with Crippen LogP contribution in [0.25, 0.3) is 0 Å². The predicted molar refractivity (Wildman–Crippen MR) is 131 cm³/mol. The summed E-state index contributed by atoms with van der Waals surface area (Å²) in [6.07, 6.45) is 5.31. The first-order valence-corrected chi connectivity index (χ1v) is 12.0. The third-order valence-corrected chi connectivity index (χ3v) is 6.59. The second-order valence-corrected chi connectivity index (χ2v) is 9.06. The average molecular weight is 502 g/mol. The molecule has 2 aromatic rings. The van der Waals surface area contributed by atoms with Crippen molar-refractivity contribution in [3.8, 4) is 0 Å². The number of aryl methyl sites for hydroxylation is 1. The molecule has 172 valence electrons. The van der Waals surface area contributed by atoms with E-state index in [1.165, 1.54) is 18.2 Å². The largest absolute Gasteiger partial charge is 0.469 e. The summed E-state index contributed by atoms with van der Waals surface area (Å²) in [5.74, 6) is -0.177. The number of halogens is 1. The van der Waals surface area contributed by atoms with Crippen LogP contribution in [0.4, 0.5) is 10.5 Å². The van der Waals surface area contributed by atoms with Crippen LogP contribution in [-0.2, 0) is 16.0 Å². The Bertz CT molecular complexity index is 904. The molecule has 3 rings (SSSR count). The van der Waals surface area contributed by atoms with Gasteiger partial charge in [0.1, 0.15) is 0 Å². The fraction of sp³-hybridized carbons (Fsp3) is 0.440. The molecule has 6 nitrogen and oxygen atoms in total. The Balaban J connectivity index is 1.69. The summed E-state index contributed by atoms with van der Waals surface area (Å²) < 4.78 is 5.77. The van der Waals surface area contributed by atoms with Crippen LogP contribution in [0.1, 0.15) is 49.3 Å². The number of primary amides is 1. The van der Waals surface area contributed by atoms with Crippen LogP contribution in [0.5, 0.6) is 0 Å². The molecule has 7 heteroatoms. The summed E-state index contributed by atoms with van der Waals surface area (Å²) >= 11 is 3.43. The summed E-state index contributed by atoms with van der Waals surface area (Å²) in [6, 6.07) is 16.1. The molecule has 2 aromatic carbocycles. The first kappa shape index (κ1) is 24.3. The van der Waals surface area contributed by atoms with E-state index in [1.807, 2.05) is 24.3 Å². The Morgan fingerprint density at radius 1 is 1.06 bits per heavy atom. The minimum Gasteiger partial charge on any atom is -0.469 e. The molecule has 1 aliphatic rings. The smallest absolute Gasteiger partial charge is 0.319 e. The first-order chi connectivity index (χ1) is 15.5. The van der Waals surface area contributed by atoms with Crippen molar-refractivity contribution in [3.05, 3.63) is 64.1 Å². The highest BCUT2D eigenvalue weighted by molar-refractivity contribution is 9.10. The van der Waals surface area contributed by atoms with E-state index in [0.717, 1.165) is 55.4 Å². The fourth-order valence-electron chi connectivity index (χ4n) is 4.48. The van der Waals surface area contributed by atoms with Crippen molar-refractivity contribution in [2.75, 3.05) is 31.6 Å². The number of carbonyl (C=O) groups excluding carboxylic acids is 2. The molecular weight excluding hydrogens is 470 g/mol. The Morgan fingerprint density at radius 3 is 2.50 bits per heavy atom. The van der Waals surface area contributed by atoms with Crippen LogP contribution in [-0.4, -0.2) is 43.6 Å². The molecule has 0 bridgehead atoms. The van der Waals surface area contributed by atoms with Crippen molar-refractivity contribution in [2.45, 2.75) is 44.6 Å². The number of esters is 1. The van der Waals surface area contributed by atoms with Crippen LogP contribution in [0, 0.1) is 0 Å². The van der Waals surface area contributed by atoms with Crippen molar-refractivity contribution in [1.29, 1.82) is 0 Å². The lowest BCUT2D eigenvalue weighted by Gasteiger charge is -2.36. The zero-order chi connectivity index (χ0) is 22.9. The molecule has 0 aromatic heterocycles. The summed E-state index contributed by atoms with van der Waals surface area (Å²) in [5.41, 5.74) is 9.26. The van der Waals surface area contributed by atoms with Crippen molar-refractivity contribution >= 4 is 33.6 Å². The van der Waals surface area contributed by atoms with Gasteiger partial charge in [-0.2, -0.15) is 0 Å². The number of methoxy groups -OCH3 is 1. The topological polar surface area (TPSA) is 75.9 Å². The van der Waals surface area contributed by atoms with Crippen LogP contribution < -0.4 is 10.6 Å². The van der Waals surface area contributed by atoms with Crippen LogP contribution in [0.15, 0.2) is 53.0 Å². The molecule has 0 spiro atoms. The molecular formula is C25H32BrN3O3. The molecule has 1 unspecified atom stereocenters. The maximum absolute atomic E-state index is 12.1. The van der Waals surface area contributed by atoms with Crippen LogP contribution in [0.2, 0.25) is 0 Å². The van der Waals surface area contributed by atoms with E-state index >= 15 is 0 Å². The molecule has 2 amide bonds. The standard InChI is InChI=1S/C25H32BrN3O3/c1-32-24(30)11-5-16-28(23-10-4-8-19-7-2-3-9-22(19)23)17-6-18-29(25(27)31)21-14-12-20(26)13-15-21/h2-3,7,9,12-15,23H,4-6,8,10-11,16-18H2,1H3,(H2,27,31). The molecule has 2 N–H and O–H groups in total. The van der Waals surface area contributed by atoms with Gasteiger partial charge in [-0.05, 0) is 74.0 Å². The van der Waals surface area contributed by atoms with Gasteiger partial charge in [-0.1, -0.05) is 40.2 Å². The van der Waals surface area contributed by atoms with Gasteiger partial charge in [-0.25, -0.2) is 4.79 Å². The molecule has 0 saturated carbocycles. The second-order valence-electron chi connectivity index (χ2n) is 8.14. The van der Waals surface area contributed by atoms with Gasteiger partial charge in [-0.3, -0.25) is 14.6 Å². The summed E-state index contributed by atoms with van der Waals surface area (Å²) in [6.45, 7) is 2.17. The van der Waals surface area contributed by atoms with E-state index in [9.17, 15) is 9.59 Å². The molecule has 0 heterocycles. The van der Waals surface area contributed by atoms with Crippen LogP contribution >= 0.6 is 15.9 Å². The van der Waals surface area contributed by atoms with Gasteiger partial charge in [0.05, 0.1) is 7.11 Å². The SMILES string of the molecule is COC(=O)CCCN(CCCN(C(N)=O)c1ccc(Br)cc1)C1CCCc2ccccc21. The predicted octanol–water partition coefficient (Wildman–Crippen LogP) is 5.06. The van der Waals surface area contributed by atoms with Gasteiger partial charge in [0.25, 0.3) is 0 Å².